The molecule has 0 aromatic heterocycles. The molecule has 3 aromatic rings. The van der Waals surface area contributed by atoms with E-state index in [1.807, 2.05) is 42.5 Å². The molecule has 0 saturated carbocycles. The maximum atomic E-state index is 11.4. The second kappa shape index (κ2) is 7.03. The first-order valence-electron chi connectivity index (χ1n) is 7.29. The predicted octanol–water partition coefficient (Wildman–Crippen LogP) is 5.14. The molecule has 4 nitrogen and oxygen atoms in total. The Morgan fingerprint density at radius 2 is 1.88 bits per heavy atom. The molecule has 0 unspecified atom stereocenters. The summed E-state index contributed by atoms with van der Waals surface area (Å²) in [5.74, 6) is 0.791. The lowest BCUT2D eigenvalue weighted by Gasteiger charge is -2.10. The summed E-state index contributed by atoms with van der Waals surface area (Å²) in [7, 11) is 0. The molecule has 3 aromatic carbocycles. The van der Waals surface area contributed by atoms with Crippen molar-refractivity contribution in [2.75, 3.05) is 5.32 Å². The summed E-state index contributed by atoms with van der Waals surface area (Å²) in [5.41, 5.74) is 0.520. The quantitative estimate of drug-likeness (QED) is 0.717. The topological polar surface area (TPSA) is 62.1 Å². The van der Waals surface area contributed by atoms with Crippen molar-refractivity contribution in [1.29, 1.82) is 5.26 Å². The Hall–Kier alpha value is -3.03. The third kappa shape index (κ3) is 3.65. The molecule has 0 aliphatic carbocycles. The summed E-state index contributed by atoms with van der Waals surface area (Å²) in [5, 5.41) is 13.7. The van der Waals surface area contributed by atoms with E-state index in [-0.39, 0.29) is 12.3 Å². The molecule has 0 heterocycles. The number of nitrogens with zero attached hydrogens (tertiary/aromatic N) is 1. The van der Waals surface area contributed by atoms with Crippen LogP contribution in [0.25, 0.3) is 10.8 Å². The van der Waals surface area contributed by atoms with Crippen LogP contribution in [0.2, 0.25) is 5.02 Å². The first-order valence-corrected chi connectivity index (χ1v) is 7.66. The van der Waals surface area contributed by atoms with Crippen LogP contribution in [0.4, 0.5) is 5.69 Å². The van der Waals surface area contributed by atoms with Gasteiger partial charge in [-0.3, -0.25) is 4.79 Å². The van der Waals surface area contributed by atoms with E-state index in [1.165, 1.54) is 0 Å². The molecule has 1 N–H and O–H groups in total. The zero-order chi connectivity index (χ0) is 16.9. The average Bonchev–Trinajstić information content (AvgIpc) is 2.57. The first kappa shape index (κ1) is 15.9. The van der Waals surface area contributed by atoms with Gasteiger partial charge in [-0.05, 0) is 41.1 Å². The van der Waals surface area contributed by atoms with E-state index >= 15 is 0 Å². The minimum Gasteiger partial charge on any atom is -0.456 e. The van der Waals surface area contributed by atoms with Gasteiger partial charge in [0, 0.05) is 5.69 Å². The maximum Gasteiger partial charge on any atom is 0.238 e. The van der Waals surface area contributed by atoms with Crippen molar-refractivity contribution < 1.29 is 9.53 Å². The fourth-order valence-corrected chi connectivity index (χ4v) is 2.52. The van der Waals surface area contributed by atoms with Crippen molar-refractivity contribution in [2.45, 2.75) is 6.42 Å². The highest BCUT2D eigenvalue weighted by atomic mass is 35.5. The highest BCUT2D eigenvalue weighted by molar-refractivity contribution is 6.32. The molecule has 118 valence electrons. The number of ether oxygens (including phenoxy) is 1. The van der Waals surface area contributed by atoms with Crippen LogP contribution in [-0.4, -0.2) is 5.91 Å². The lowest BCUT2D eigenvalue weighted by Crippen LogP contribution is -2.09. The van der Waals surface area contributed by atoms with Crippen molar-refractivity contribution in [1.82, 2.24) is 0 Å². The average molecular weight is 337 g/mol. The van der Waals surface area contributed by atoms with Gasteiger partial charge in [0.05, 0.1) is 11.1 Å². The Balaban J connectivity index is 1.79. The zero-order valence-electron chi connectivity index (χ0n) is 12.6. The fraction of sp³-hybridized carbons (Fsp3) is 0.0526. The Morgan fingerprint density at radius 1 is 1.08 bits per heavy atom. The van der Waals surface area contributed by atoms with Crippen molar-refractivity contribution in [3.05, 3.63) is 65.7 Å². The van der Waals surface area contributed by atoms with Gasteiger partial charge in [-0.15, -0.1) is 0 Å². The normalized spacial score (nSPS) is 10.2. The number of nitrogens with one attached hydrogen (secondary N) is 1. The molecule has 0 bridgehead atoms. The third-order valence-corrected chi connectivity index (χ3v) is 3.70. The van der Waals surface area contributed by atoms with Crippen molar-refractivity contribution >= 4 is 34.0 Å². The summed E-state index contributed by atoms with van der Waals surface area (Å²) in [6.07, 6.45) is -0.201. The lowest BCUT2D eigenvalue weighted by atomic mass is 10.1. The van der Waals surface area contributed by atoms with Crippen LogP contribution in [-0.2, 0) is 4.79 Å². The molecule has 0 spiro atoms. The number of halogens is 1. The Kier molecular flexibility index (Phi) is 4.64. The molecular weight excluding hydrogens is 324 g/mol. The molecule has 0 radical (unpaired) electrons. The van der Waals surface area contributed by atoms with Crippen LogP contribution >= 0.6 is 11.6 Å². The van der Waals surface area contributed by atoms with Gasteiger partial charge in [-0.1, -0.05) is 41.9 Å². The number of benzene rings is 3. The summed E-state index contributed by atoms with van der Waals surface area (Å²) in [4.78, 5) is 11.4. The third-order valence-electron chi connectivity index (χ3n) is 3.40. The highest BCUT2D eigenvalue weighted by Crippen LogP contribution is 2.32. The van der Waals surface area contributed by atoms with E-state index in [9.17, 15) is 4.79 Å². The van der Waals surface area contributed by atoms with Crippen LogP contribution in [0.3, 0.4) is 0 Å². The summed E-state index contributed by atoms with van der Waals surface area (Å²) < 4.78 is 5.83. The molecule has 3 rings (SSSR count). The van der Waals surface area contributed by atoms with E-state index in [2.05, 4.69) is 5.32 Å². The van der Waals surface area contributed by atoms with Gasteiger partial charge in [-0.2, -0.15) is 5.26 Å². The van der Waals surface area contributed by atoms with Crippen LogP contribution in [0.1, 0.15) is 6.42 Å². The van der Waals surface area contributed by atoms with Crippen molar-refractivity contribution in [3.8, 4) is 17.6 Å². The van der Waals surface area contributed by atoms with Crippen LogP contribution in [0, 0.1) is 11.3 Å². The van der Waals surface area contributed by atoms with Gasteiger partial charge >= 0.3 is 0 Å². The lowest BCUT2D eigenvalue weighted by molar-refractivity contribution is -0.115. The second-order valence-electron chi connectivity index (χ2n) is 5.14. The van der Waals surface area contributed by atoms with E-state index in [0.29, 0.717) is 22.2 Å². The summed E-state index contributed by atoms with van der Waals surface area (Å²) >= 11 is 6.22. The molecule has 0 fully saturated rings. The molecule has 1 amide bonds. The van der Waals surface area contributed by atoms with E-state index in [4.69, 9.17) is 21.6 Å². The molecular formula is C19H13ClN2O2. The number of anilines is 1. The maximum absolute atomic E-state index is 11.4. The van der Waals surface area contributed by atoms with E-state index in [1.54, 1.807) is 24.3 Å². The predicted molar refractivity (Wildman–Crippen MR) is 94.3 cm³/mol. The van der Waals surface area contributed by atoms with Crippen LogP contribution in [0.15, 0.2) is 60.7 Å². The van der Waals surface area contributed by atoms with Gasteiger partial charge in [0.15, 0.2) is 0 Å². The molecule has 0 saturated heterocycles. The SMILES string of the molecule is N#CCC(=O)Nc1ccc(Oc2ccc3ccccc3c2)c(Cl)c1. The van der Waals surface area contributed by atoms with Gasteiger partial charge in [0.25, 0.3) is 0 Å². The monoisotopic (exact) mass is 336 g/mol. The molecule has 0 aliphatic rings. The number of nitriles is 1. The molecule has 24 heavy (non-hydrogen) atoms. The largest absolute Gasteiger partial charge is 0.456 e. The number of hydrogen-bond acceptors (Lipinski definition) is 3. The summed E-state index contributed by atoms with van der Waals surface area (Å²) in [6, 6.07) is 20.5. The zero-order valence-corrected chi connectivity index (χ0v) is 13.4. The van der Waals surface area contributed by atoms with Crippen LogP contribution in [0.5, 0.6) is 11.5 Å². The minimum absolute atomic E-state index is 0.201. The van der Waals surface area contributed by atoms with Gasteiger partial charge in [0.1, 0.15) is 17.9 Å². The van der Waals surface area contributed by atoms with Gasteiger partial charge in [-0.25, -0.2) is 0 Å². The smallest absolute Gasteiger partial charge is 0.238 e. The van der Waals surface area contributed by atoms with Crippen molar-refractivity contribution in [2.24, 2.45) is 0 Å². The standard InChI is InChI=1S/C19H13ClN2O2/c20-17-12-15(22-19(23)9-10-21)6-8-18(17)24-16-7-5-13-3-1-2-4-14(13)11-16/h1-8,11-12H,9H2,(H,22,23). The Bertz CT molecular complexity index is 947. The number of hydrogen-bond donors (Lipinski definition) is 1. The summed E-state index contributed by atoms with van der Waals surface area (Å²) in [6.45, 7) is 0. The molecule has 0 aliphatic heterocycles. The first-order chi connectivity index (χ1) is 11.7. The van der Waals surface area contributed by atoms with E-state index in [0.717, 1.165) is 10.8 Å². The fourth-order valence-electron chi connectivity index (χ4n) is 2.30. The number of carbonyl (C=O) groups is 1. The number of fused-ring (bicyclic) bond motifs is 1. The molecule has 0 atom stereocenters. The highest BCUT2D eigenvalue weighted by Gasteiger charge is 2.07. The number of rotatable bonds is 4. The molecule has 5 heteroatoms. The van der Waals surface area contributed by atoms with Gasteiger partial charge < -0.3 is 10.1 Å². The van der Waals surface area contributed by atoms with E-state index < -0.39 is 0 Å². The Labute approximate surface area is 144 Å². The van der Waals surface area contributed by atoms with Crippen LogP contribution < -0.4 is 10.1 Å². The minimum atomic E-state index is -0.378. The van der Waals surface area contributed by atoms with Crippen molar-refractivity contribution in [3.63, 3.8) is 0 Å². The Morgan fingerprint density at radius 3 is 2.62 bits per heavy atom. The second-order valence-corrected chi connectivity index (χ2v) is 5.55. The number of carbonyl (C=O) groups excluding carboxylic acids is 1. The van der Waals surface area contributed by atoms with Gasteiger partial charge in [0.2, 0.25) is 5.91 Å². The number of amides is 1.